The third-order valence-electron chi connectivity index (χ3n) is 5.55. The molecule has 2 aliphatic heterocycles. The number of Topliss-reactive ketones (excluding diaryl/α,β-unsaturated/α-hetero) is 1. The Morgan fingerprint density at radius 1 is 1.00 bits per heavy atom. The van der Waals surface area contributed by atoms with Crippen molar-refractivity contribution in [3.05, 3.63) is 77.1 Å². The lowest BCUT2D eigenvalue weighted by Gasteiger charge is -2.31. The Hall–Kier alpha value is -3.03. The average Bonchev–Trinajstić information content (AvgIpc) is 3.03. The monoisotopic (exact) mass is 410 g/mol. The fourth-order valence-electron chi connectivity index (χ4n) is 3.96. The van der Waals surface area contributed by atoms with Crippen LogP contribution in [0, 0.1) is 5.82 Å². The number of carbonyl (C=O) groups excluding carboxylic acids is 2. The Morgan fingerprint density at radius 3 is 2.37 bits per heavy atom. The van der Waals surface area contributed by atoms with Gasteiger partial charge in [-0.3, -0.25) is 14.5 Å². The van der Waals surface area contributed by atoms with Gasteiger partial charge in [-0.15, -0.1) is 0 Å². The molecule has 0 bridgehead atoms. The molecule has 0 radical (unpaired) electrons. The molecule has 2 aromatic carbocycles. The Bertz CT molecular complexity index is 970. The minimum atomic E-state index is -0.979. The predicted molar refractivity (Wildman–Crippen MR) is 109 cm³/mol. The lowest BCUT2D eigenvalue weighted by Crippen LogP contribution is -2.42. The van der Waals surface area contributed by atoms with Crippen molar-refractivity contribution < 1.29 is 23.8 Å². The summed E-state index contributed by atoms with van der Waals surface area (Å²) in [6.07, 6.45) is 0. The van der Waals surface area contributed by atoms with Gasteiger partial charge in [-0.2, -0.15) is 0 Å². The van der Waals surface area contributed by atoms with Gasteiger partial charge in [0.1, 0.15) is 11.6 Å². The van der Waals surface area contributed by atoms with Crippen molar-refractivity contribution in [1.82, 2.24) is 9.80 Å². The molecule has 1 N–H and O–H groups in total. The molecule has 0 aliphatic carbocycles. The molecule has 2 heterocycles. The van der Waals surface area contributed by atoms with Gasteiger partial charge >= 0.3 is 0 Å². The summed E-state index contributed by atoms with van der Waals surface area (Å²) in [7, 11) is 0. The number of rotatable bonds is 5. The van der Waals surface area contributed by atoms with E-state index in [-0.39, 0.29) is 23.4 Å². The van der Waals surface area contributed by atoms with Gasteiger partial charge in [0, 0.05) is 37.3 Å². The fraction of sp³-hybridized carbons (Fsp3) is 0.304. The molecular formula is C23H23FN2O4. The van der Waals surface area contributed by atoms with Gasteiger partial charge in [-0.25, -0.2) is 4.39 Å². The van der Waals surface area contributed by atoms with E-state index in [1.54, 1.807) is 48.5 Å². The zero-order valence-electron chi connectivity index (χ0n) is 16.5. The first-order valence-electron chi connectivity index (χ1n) is 9.96. The van der Waals surface area contributed by atoms with Crippen molar-refractivity contribution >= 4 is 17.4 Å². The van der Waals surface area contributed by atoms with Crippen LogP contribution >= 0.6 is 0 Å². The number of ketones is 1. The van der Waals surface area contributed by atoms with Crippen molar-refractivity contribution in [3.8, 4) is 0 Å². The van der Waals surface area contributed by atoms with E-state index in [1.165, 1.54) is 11.0 Å². The molecule has 30 heavy (non-hydrogen) atoms. The number of benzene rings is 2. The van der Waals surface area contributed by atoms with Gasteiger partial charge in [0.05, 0.1) is 24.8 Å². The van der Waals surface area contributed by atoms with Crippen LogP contribution in [0.25, 0.3) is 5.76 Å². The molecule has 7 heteroatoms. The highest BCUT2D eigenvalue weighted by Crippen LogP contribution is 2.40. The molecule has 0 spiro atoms. The van der Waals surface area contributed by atoms with Gasteiger partial charge in [0.15, 0.2) is 0 Å². The van der Waals surface area contributed by atoms with E-state index >= 15 is 0 Å². The summed E-state index contributed by atoms with van der Waals surface area (Å²) in [5.74, 6) is -2.35. The molecule has 4 rings (SSSR count). The second-order valence-corrected chi connectivity index (χ2v) is 7.33. The molecule has 1 atom stereocenters. The van der Waals surface area contributed by atoms with Crippen molar-refractivity contribution in [2.45, 2.75) is 6.04 Å². The molecular weight excluding hydrogens is 387 g/mol. The molecule has 1 amide bonds. The SMILES string of the molecule is O=C1C(=O)N(CCN2CCOCC2)[C@@H](c2ccccc2F)C1=C(O)c1ccccc1. The fourth-order valence-corrected chi connectivity index (χ4v) is 3.96. The summed E-state index contributed by atoms with van der Waals surface area (Å²) >= 11 is 0. The van der Waals surface area contributed by atoms with E-state index < -0.39 is 23.5 Å². The number of likely N-dealkylation sites (tertiary alicyclic amines) is 1. The number of hydrogen-bond acceptors (Lipinski definition) is 5. The lowest BCUT2D eigenvalue weighted by molar-refractivity contribution is -0.140. The second-order valence-electron chi connectivity index (χ2n) is 7.33. The van der Waals surface area contributed by atoms with Gasteiger partial charge in [-0.1, -0.05) is 48.5 Å². The summed E-state index contributed by atoms with van der Waals surface area (Å²) in [6.45, 7) is 3.48. The van der Waals surface area contributed by atoms with Gasteiger partial charge in [-0.05, 0) is 6.07 Å². The highest BCUT2D eigenvalue weighted by Gasteiger charge is 2.46. The maximum Gasteiger partial charge on any atom is 0.295 e. The number of amides is 1. The first kappa shape index (κ1) is 20.3. The molecule has 2 saturated heterocycles. The maximum absolute atomic E-state index is 14.7. The first-order valence-corrected chi connectivity index (χ1v) is 9.96. The number of aliphatic hydroxyl groups is 1. The maximum atomic E-state index is 14.7. The second kappa shape index (κ2) is 8.77. The van der Waals surface area contributed by atoms with E-state index in [1.807, 2.05) is 0 Å². The molecule has 156 valence electrons. The van der Waals surface area contributed by atoms with E-state index in [4.69, 9.17) is 4.74 Å². The van der Waals surface area contributed by atoms with Crippen molar-refractivity contribution in [2.24, 2.45) is 0 Å². The standard InChI is InChI=1S/C23H23FN2O4/c24-18-9-5-4-8-17(18)20-19(21(27)16-6-2-1-3-7-16)22(28)23(29)26(20)11-10-25-12-14-30-15-13-25/h1-9,20,27H,10-15H2/t20-/m0/s1. The minimum absolute atomic E-state index is 0.0849. The summed E-state index contributed by atoms with van der Waals surface area (Å²) in [4.78, 5) is 29.3. The predicted octanol–water partition coefficient (Wildman–Crippen LogP) is 2.58. The number of halogens is 1. The normalized spacial score (nSPS) is 21.9. The number of morpholine rings is 1. The molecule has 0 saturated carbocycles. The number of aliphatic hydroxyl groups excluding tert-OH is 1. The molecule has 6 nitrogen and oxygen atoms in total. The molecule has 0 unspecified atom stereocenters. The minimum Gasteiger partial charge on any atom is -0.507 e. The first-order chi connectivity index (χ1) is 14.6. The summed E-state index contributed by atoms with van der Waals surface area (Å²) in [5.41, 5.74) is 0.513. The molecule has 0 aromatic heterocycles. The van der Waals surface area contributed by atoms with Crippen LogP contribution in [0.15, 0.2) is 60.2 Å². The van der Waals surface area contributed by atoms with Gasteiger partial charge in [0.25, 0.3) is 11.7 Å². The Kier molecular flexibility index (Phi) is 5.92. The average molecular weight is 410 g/mol. The van der Waals surface area contributed by atoms with E-state index in [0.717, 1.165) is 13.1 Å². The largest absolute Gasteiger partial charge is 0.507 e. The van der Waals surface area contributed by atoms with Crippen LogP contribution < -0.4 is 0 Å². The lowest BCUT2D eigenvalue weighted by atomic mass is 9.95. The smallest absolute Gasteiger partial charge is 0.295 e. The molecule has 2 aliphatic rings. The summed E-state index contributed by atoms with van der Waals surface area (Å²) in [6, 6.07) is 13.6. The van der Waals surface area contributed by atoms with Crippen LogP contribution in [0.5, 0.6) is 0 Å². The summed E-state index contributed by atoms with van der Waals surface area (Å²) in [5, 5.41) is 10.9. The number of ether oxygens (including phenoxy) is 1. The van der Waals surface area contributed by atoms with Gasteiger partial charge < -0.3 is 14.7 Å². The van der Waals surface area contributed by atoms with Crippen LogP contribution in [0.1, 0.15) is 17.2 Å². The molecule has 2 fully saturated rings. The van der Waals surface area contributed by atoms with Crippen LogP contribution in [0.2, 0.25) is 0 Å². The number of hydrogen-bond donors (Lipinski definition) is 1. The third kappa shape index (κ3) is 3.86. The highest BCUT2D eigenvalue weighted by molar-refractivity contribution is 6.46. The van der Waals surface area contributed by atoms with Crippen molar-refractivity contribution in [2.75, 3.05) is 39.4 Å². The summed E-state index contributed by atoms with van der Waals surface area (Å²) < 4.78 is 20.1. The topological polar surface area (TPSA) is 70.1 Å². The Morgan fingerprint density at radius 2 is 1.67 bits per heavy atom. The third-order valence-corrected chi connectivity index (χ3v) is 5.55. The van der Waals surface area contributed by atoms with Crippen LogP contribution in [-0.2, 0) is 14.3 Å². The molecule has 2 aromatic rings. The highest BCUT2D eigenvalue weighted by atomic mass is 19.1. The number of carbonyl (C=O) groups is 2. The quantitative estimate of drug-likeness (QED) is 0.466. The van der Waals surface area contributed by atoms with Crippen molar-refractivity contribution in [1.29, 1.82) is 0 Å². The van der Waals surface area contributed by atoms with Crippen molar-refractivity contribution in [3.63, 3.8) is 0 Å². The van der Waals surface area contributed by atoms with Gasteiger partial charge in [0.2, 0.25) is 0 Å². The number of nitrogens with zero attached hydrogens (tertiary/aromatic N) is 2. The van der Waals surface area contributed by atoms with Crippen LogP contribution in [-0.4, -0.2) is 66.0 Å². The Labute approximate surface area is 174 Å². The van der Waals surface area contributed by atoms with E-state index in [0.29, 0.717) is 25.3 Å². The zero-order valence-corrected chi connectivity index (χ0v) is 16.5. The van der Waals surface area contributed by atoms with E-state index in [9.17, 15) is 19.1 Å². The zero-order chi connectivity index (χ0) is 21.1. The van der Waals surface area contributed by atoms with Crippen LogP contribution in [0.3, 0.4) is 0 Å². The van der Waals surface area contributed by atoms with E-state index in [2.05, 4.69) is 4.90 Å². The van der Waals surface area contributed by atoms with Crippen LogP contribution in [0.4, 0.5) is 4.39 Å². The Balaban J connectivity index is 1.74.